The van der Waals surface area contributed by atoms with Crippen LogP contribution >= 0.6 is 0 Å². The monoisotopic (exact) mass is 377 g/mol. The number of alkyl halides is 1. The summed E-state index contributed by atoms with van der Waals surface area (Å²) in [5, 5.41) is 0.310. The van der Waals surface area contributed by atoms with Gasteiger partial charge in [0.25, 0.3) is 5.56 Å². The highest BCUT2D eigenvalue weighted by molar-refractivity contribution is 5.90. The molecule has 3 atom stereocenters. The summed E-state index contributed by atoms with van der Waals surface area (Å²) >= 11 is 0. The van der Waals surface area contributed by atoms with Crippen LogP contribution < -0.4 is 32.5 Å². The molecule has 0 spiro atoms. The van der Waals surface area contributed by atoms with Crippen LogP contribution in [0.1, 0.15) is 25.8 Å². The Morgan fingerprint density at radius 2 is 1.96 bits per heavy atom. The largest absolute Gasteiger partial charge is 0.492 e. The first kappa shape index (κ1) is 17.8. The van der Waals surface area contributed by atoms with Crippen molar-refractivity contribution < 1.29 is 9.13 Å². The van der Waals surface area contributed by atoms with Gasteiger partial charge in [0.2, 0.25) is 0 Å². The number of halogens is 1. The number of nitrogens with two attached hydrogens (primary N) is 2. The van der Waals surface area contributed by atoms with Crippen molar-refractivity contribution in [2.24, 2.45) is 11.7 Å². The highest BCUT2D eigenvalue weighted by atomic mass is 19.1. The van der Waals surface area contributed by atoms with Gasteiger partial charge in [0, 0.05) is 31.1 Å². The van der Waals surface area contributed by atoms with E-state index < -0.39 is 17.4 Å². The normalized spacial score (nSPS) is 23.8. The molecule has 4 N–H and O–H groups in total. The molecule has 1 saturated heterocycles. The summed E-state index contributed by atoms with van der Waals surface area (Å²) in [5.41, 5.74) is 5.85. The van der Waals surface area contributed by atoms with Crippen LogP contribution in [-0.4, -0.2) is 41.7 Å². The van der Waals surface area contributed by atoms with Gasteiger partial charge in [0.05, 0.1) is 18.2 Å². The summed E-state index contributed by atoms with van der Waals surface area (Å²) in [7, 11) is 1.49. The number of benzene rings is 1. The van der Waals surface area contributed by atoms with E-state index in [4.69, 9.17) is 16.3 Å². The molecule has 2 heterocycles. The summed E-state index contributed by atoms with van der Waals surface area (Å²) in [6, 6.07) is 3.07. The molecule has 2 aromatic rings. The average Bonchev–Trinajstić information content (AvgIpc) is 3.39. The van der Waals surface area contributed by atoms with E-state index in [1.807, 2.05) is 4.90 Å². The van der Waals surface area contributed by atoms with E-state index in [1.165, 1.54) is 11.7 Å². The summed E-state index contributed by atoms with van der Waals surface area (Å²) in [5.74, 6) is 5.80. The Balaban J connectivity index is 1.94. The zero-order valence-electron chi connectivity index (χ0n) is 15.4. The zero-order valence-corrected chi connectivity index (χ0v) is 15.4. The van der Waals surface area contributed by atoms with Gasteiger partial charge in [0.15, 0.2) is 5.75 Å². The molecule has 27 heavy (non-hydrogen) atoms. The third-order valence-electron chi connectivity index (χ3n) is 5.64. The van der Waals surface area contributed by atoms with Crippen molar-refractivity contribution in [2.75, 3.05) is 30.9 Å². The van der Waals surface area contributed by atoms with Crippen molar-refractivity contribution in [1.82, 2.24) is 9.24 Å². The minimum absolute atomic E-state index is 0.0103. The van der Waals surface area contributed by atoms with E-state index >= 15 is 0 Å². The smallest absolute Gasteiger partial charge is 0.350 e. The van der Waals surface area contributed by atoms with Gasteiger partial charge in [-0.3, -0.25) is 9.36 Å². The lowest BCUT2D eigenvalue weighted by Crippen LogP contribution is -2.44. The quantitative estimate of drug-likeness (QED) is 0.744. The zero-order chi connectivity index (χ0) is 19.5. The number of fused-ring (bicyclic) bond motifs is 1. The second kappa shape index (κ2) is 6.26. The van der Waals surface area contributed by atoms with Gasteiger partial charge in [-0.25, -0.2) is 9.18 Å². The molecule has 0 amide bonds. The first-order valence-electron chi connectivity index (χ1n) is 9.13. The molecule has 0 bridgehead atoms. The number of anilines is 1. The molecular weight excluding hydrogens is 353 g/mol. The van der Waals surface area contributed by atoms with E-state index in [9.17, 15) is 14.0 Å². The van der Waals surface area contributed by atoms with Gasteiger partial charge in [-0.1, -0.05) is 0 Å². The van der Waals surface area contributed by atoms with Gasteiger partial charge in [-0.15, -0.1) is 0 Å². The van der Waals surface area contributed by atoms with Gasteiger partial charge in [-0.2, -0.15) is 4.68 Å². The Morgan fingerprint density at radius 3 is 2.52 bits per heavy atom. The molecule has 1 aliphatic heterocycles. The van der Waals surface area contributed by atoms with Crippen LogP contribution in [0.15, 0.2) is 21.7 Å². The van der Waals surface area contributed by atoms with E-state index in [2.05, 4.69) is 0 Å². The topological polar surface area (TPSA) is 109 Å². The molecule has 2 fully saturated rings. The van der Waals surface area contributed by atoms with Crippen molar-refractivity contribution in [1.29, 1.82) is 0 Å². The van der Waals surface area contributed by atoms with E-state index in [0.717, 1.165) is 12.8 Å². The first-order valence-corrected chi connectivity index (χ1v) is 9.13. The van der Waals surface area contributed by atoms with Crippen molar-refractivity contribution in [3.63, 3.8) is 0 Å². The Morgan fingerprint density at radius 1 is 1.26 bits per heavy atom. The minimum atomic E-state index is -1.05. The molecule has 1 aliphatic carbocycles. The fourth-order valence-corrected chi connectivity index (χ4v) is 4.00. The third-order valence-corrected chi connectivity index (χ3v) is 5.64. The van der Waals surface area contributed by atoms with Gasteiger partial charge < -0.3 is 21.2 Å². The number of nitrogen functional groups attached to an aromatic ring is 1. The van der Waals surface area contributed by atoms with Crippen LogP contribution in [0.4, 0.5) is 10.1 Å². The van der Waals surface area contributed by atoms with Crippen LogP contribution in [0.2, 0.25) is 0 Å². The fraction of sp³-hybridized carbons (Fsp3) is 0.556. The molecule has 9 heteroatoms. The van der Waals surface area contributed by atoms with Crippen LogP contribution in [-0.2, 0) is 0 Å². The number of hydrogen-bond donors (Lipinski definition) is 2. The molecule has 8 nitrogen and oxygen atoms in total. The van der Waals surface area contributed by atoms with Crippen LogP contribution in [0.5, 0.6) is 5.75 Å². The number of hydrogen-bond acceptors (Lipinski definition) is 6. The van der Waals surface area contributed by atoms with Gasteiger partial charge >= 0.3 is 5.69 Å². The van der Waals surface area contributed by atoms with Gasteiger partial charge in [-0.05, 0) is 31.9 Å². The Kier molecular flexibility index (Phi) is 4.14. The molecule has 2 aliphatic rings. The van der Waals surface area contributed by atoms with E-state index in [-0.39, 0.29) is 24.5 Å². The van der Waals surface area contributed by atoms with Crippen molar-refractivity contribution in [2.45, 2.75) is 38.0 Å². The highest BCUT2D eigenvalue weighted by Gasteiger charge is 2.37. The molecule has 4 rings (SSSR count). The number of nitrogens with zero attached hydrogens (tertiary/aromatic N) is 3. The second-order valence-corrected chi connectivity index (χ2v) is 7.52. The van der Waals surface area contributed by atoms with Crippen LogP contribution in [0.3, 0.4) is 0 Å². The second-order valence-electron chi connectivity index (χ2n) is 7.52. The molecule has 1 saturated carbocycles. The third kappa shape index (κ3) is 2.68. The number of methoxy groups -OCH3 is 1. The highest BCUT2D eigenvalue weighted by Crippen LogP contribution is 2.42. The predicted molar refractivity (Wildman–Crippen MR) is 102 cm³/mol. The molecule has 0 radical (unpaired) electrons. The predicted octanol–water partition coefficient (Wildman–Crippen LogP) is 0.342. The fourth-order valence-electron chi connectivity index (χ4n) is 4.00. The number of aromatic nitrogens is 2. The van der Waals surface area contributed by atoms with Crippen molar-refractivity contribution >= 4 is 16.6 Å². The maximum atomic E-state index is 14.4. The summed E-state index contributed by atoms with van der Waals surface area (Å²) in [6.07, 6.45) is 0.626. The first-order chi connectivity index (χ1) is 12.8. The summed E-state index contributed by atoms with van der Waals surface area (Å²) in [4.78, 5) is 27.0. The summed E-state index contributed by atoms with van der Waals surface area (Å²) < 4.78 is 22.2. The van der Waals surface area contributed by atoms with E-state index in [1.54, 1.807) is 19.1 Å². The lowest BCUT2D eigenvalue weighted by Gasteiger charge is -2.24. The van der Waals surface area contributed by atoms with Crippen LogP contribution in [0, 0.1) is 5.92 Å². The maximum Gasteiger partial charge on any atom is 0.350 e. The SMILES string of the molecule is COc1c(N2C[C@H]([C@H](C)N)[C@H](F)C2)ccc2c(=O)n(N)c(=O)n(C3CC3)c12. The molecule has 146 valence electrons. The molecule has 0 unspecified atom stereocenters. The van der Waals surface area contributed by atoms with Gasteiger partial charge in [0.1, 0.15) is 11.7 Å². The number of rotatable bonds is 4. The lowest BCUT2D eigenvalue weighted by molar-refractivity contribution is 0.259. The maximum absolute atomic E-state index is 14.4. The Bertz CT molecular complexity index is 1010. The molecule has 1 aromatic carbocycles. The van der Waals surface area contributed by atoms with Crippen LogP contribution in [0.25, 0.3) is 10.9 Å². The van der Waals surface area contributed by atoms with E-state index in [0.29, 0.717) is 33.6 Å². The Hall–Kier alpha value is -2.55. The molecule has 1 aromatic heterocycles. The van der Waals surface area contributed by atoms with Crippen molar-refractivity contribution in [3.8, 4) is 5.75 Å². The molecular formula is C18H24FN5O3. The van der Waals surface area contributed by atoms with Crippen molar-refractivity contribution in [3.05, 3.63) is 33.0 Å². The standard InChI is InChI=1S/C18H24FN5O3/c1-9(20)12-7-22(8-13(12)19)14-6-5-11-15(16(14)27-2)23(10-3-4-10)18(26)24(21)17(11)25/h5-6,9-10,12-13H,3-4,7-8,20-21H2,1-2H3/t9-,12+,13+/m0/s1. The average molecular weight is 377 g/mol. The number of ether oxygens (including phenoxy) is 1. The minimum Gasteiger partial charge on any atom is -0.492 e. The Labute approximate surface area is 155 Å². The summed E-state index contributed by atoms with van der Waals surface area (Å²) in [6.45, 7) is 2.44. The lowest BCUT2D eigenvalue weighted by atomic mass is 10.0.